The van der Waals surface area contributed by atoms with Crippen LogP contribution in [0.25, 0.3) is 11.2 Å². The quantitative estimate of drug-likeness (QED) is 0.719. The van der Waals surface area contributed by atoms with Crippen LogP contribution < -0.4 is 5.73 Å². The van der Waals surface area contributed by atoms with Gasteiger partial charge in [0.25, 0.3) is 0 Å². The van der Waals surface area contributed by atoms with Crippen LogP contribution in [0, 0.1) is 11.3 Å². The lowest BCUT2D eigenvalue weighted by Gasteiger charge is -2.03. The molecule has 3 aromatic heterocycles. The molecule has 7 heteroatoms. The van der Waals surface area contributed by atoms with E-state index in [2.05, 4.69) is 19.9 Å². The minimum Gasteiger partial charge on any atom is -0.382 e. The minimum atomic E-state index is 0.358. The Bertz CT molecular complexity index is 784. The van der Waals surface area contributed by atoms with Gasteiger partial charge in [0, 0.05) is 6.20 Å². The van der Waals surface area contributed by atoms with Crippen molar-refractivity contribution in [3.63, 3.8) is 0 Å². The number of nitriles is 1. The Labute approximate surface area is 108 Å². The Morgan fingerprint density at radius 1 is 1.26 bits per heavy atom. The predicted molar refractivity (Wildman–Crippen MR) is 67.8 cm³/mol. The summed E-state index contributed by atoms with van der Waals surface area (Å²) in [6.07, 6.45) is 4.67. The van der Waals surface area contributed by atoms with Crippen LogP contribution in [0.1, 0.15) is 11.3 Å². The van der Waals surface area contributed by atoms with Crippen molar-refractivity contribution in [3.05, 3.63) is 42.2 Å². The van der Waals surface area contributed by atoms with E-state index in [1.807, 2.05) is 16.7 Å². The zero-order valence-electron chi connectivity index (χ0n) is 9.85. The van der Waals surface area contributed by atoms with Gasteiger partial charge in [-0.15, -0.1) is 0 Å². The van der Waals surface area contributed by atoms with Crippen LogP contribution in [-0.2, 0) is 6.54 Å². The molecule has 0 saturated heterocycles. The van der Waals surface area contributed by atoms with Crippen molar-refractivity contribution < 1.29 is 0 Å². The molecule has 3 aromatic rings. The molecule has 2 N–H and O–H groups in total. The van der Waals surface area contributed by atoms with Crippen molar-refractivity contribution in [1.29, 1.82) is 5.26 Å². The van der Waals surface area contributed by atoms with E-state index in [1.165, 1.54) is 6.33 Å². The molecule has 3 rings (SSSR count). The molecule has 0 saturated carbocycles. The summed E-state index contributed by atoms with van der Waals surface area (Å²) in [4.78, 5) is 16.2. The fraction of sp³-hybridized carbons (Fsp3) is 0.0833. The normalized spacial score (nSPS) is 10.5. The zero-order chi connectivity index (χ0) is 13.2. The van der Waals surface area contributed by atoms with Gasteiger partial charge < -0.3 is 10.3 Å². The van der Waals surface area contributed by atoms with Crippen molar-refractivity contribution in [1.82, 2.24) is 24.5 Å². The maximum Gasteiger partial charge on any atom is 0.165 e. The van der Waals surface area contributed by atoms with Crippen LogP contribution >= 0.6 is 0 Å². The Morgan fingerprint density at radius 2 is 2.16 bits per heavy atom. The van der Waals surface area contributed by atoms with Gasteiger partial charge in [-0.2, -0.15) is 5.26 Å². The smallest absolute Gasteiger partial charge is 0.165 e. The number of pyridine rings is 1. The van der Waals surface area contributed by atoms with E-state index in [4.69, 9.17) is 11.0 Å². The van der Waals surface area contributed by atoms with Crippen molar-refractivity contribution in [3.8, 4) is 6.07 Å². The summed E-state index contributed by atoms with van der Waals surface area (Å²) in [6.45, 7) is 0.546. The van der Waals surface area contributed by atoms with Crippen molar-refractivity contribution in [2.24, 2.45) is 0 Å². The number of imidazole rings is 1. The number of aromatic nitrogens is 5. The summed E-state index contributed by atoms with van der Waals surface area (Å²) < 4.78 is 1.85. The number of nitrogens with two attached hydrogens (primary N) is 1. The van der Waals surface area contributed by atoms with E-state index < -0.39 is 0 Å². The second-order valence-corrected chi connectivity index (χ2v) is 3.96. The third-order valence-electron chi connectivity index (χ3n) is 2.72. The molecular weight excluding hydrogens is 242 g/mol. The van der Waals surface area contributed by atoms with E-state index in [-0.39, 0.29) is 0 Å². The van der Waals surface area contributed by atoms with Crippen LogP contribution in [0.2, 0.25) is 0 Å². The van der Waals surface area contributed by atoms with Crippen LogP contribution in [0.4, 0.5) is 5.82 Å². The van der Waals surface area contributed by atoms with Gasteiger partial charge in [-0.1, -0.05) is 0 Å². The summed E-state index contributed by atoms with van der Waals surface area (Å²) in [5.74, 6) is 0.358. The number of rotatable bonds is 2. The van der Waals surface area contributed by atoms with Gasteiger partial charge >= 0.3 is 0 Å². The Hall–Kier alpha value is -3.01. The van der Waals surface area contributed by atoms with Gasteiger partial charge in [0.15, 0.2) is 11.5 Å². The number of hydrogen-bond donors (Lipinski definition) is 1. The summed E-state index contributed by atoms with van der Waals surface area (Å²) in [5.41, 5.74) is 8.31. The second-order valence-electron chi connectivity index (χ2n) is 3.96. The van der Waals surface area contributed by atoms with E-state index in [0.29, 0.717) is 29.2 Å². The molecule has 3 heterocycles. The molecule has 0 bridgehead atoms. The largest absolute Gasteiger partial charge is 0.382 e. The number of hydrogen-bond acceptors (Lipinski definition) is 6. The van der Waals surface area contributed by atoms with E-state index in [1.54, 1.807) is 18.6 Å². The summed E-state index contributed by atoms with van der Waals surface area (Å²) in [6, 6.07) is 5.59. The summed E-state index contributed by atoms with van der Waals surface area (Å²) in [5, 5.41) is 8.83. The molecular formula is C12H9N7. The van der Waals surface area contributed by atoms with Gasteiger partial charge in [-0.05, 0) is 17.7 Å². The molecule has 0 aliphatic heterocycles. The van der Waals surface area contributed by atoms with E-state index in [9.17, 15) is 0 Å². The summed E-state index contributed by atoms with van der Waals surface area (Å²) in [7, 11) is 0. The topological polar surface area (TPSA) is 106 Å². The monoisotopic (exact) mass is 251 g/mol. The molecule has 0 radical (unpaired) electrons. The molecule has 0 spiro atoms. The fourth-order valence-corrected chi connectivity index (χ4v) is 1.84. The lowest BCUT2D eigenvalue weighted by Crippen LogP contribution is -2.01. The van der Waals surface area contributed by atoms with Crippen molar-refractivity contribution >= 4 is 17.0 Å². The zero-order valence-corrected chi connectivity index (χ0v) is 9.85. The molecule has 0 unspecified atom stereocenters. The summed E-state index contributed by atoms with van der Waals surface area (Å²) >= 11 is 0. The SMILES string of the molecule is N#Cc1cc(Cn2cnc3c(N)ncnc32)ccn1. The average Bonchev–Trinajstić information content (AvgIpc) is 2.84. The van der Waals surface area contributed by atoms with Crippen LogP contribution in [-0.4, -0.2) is 24.5 Å². The Morgan fingerprint density at radius 3 is 3.00 bits per heavy atom. The van der Waals surface area contributed by atoms with Gasteiger partial charge in [-0.25, -0.2) is 19.9 Å². The van der Waals surface area contributed by atoms with Crippen LogP contribution in [0.5, 0.6) is 0 Å². The third kappa shape index (κ3) is 1.95. The first-order valence-corrected chi connectivity index (χ1v) is 5.54. The number of fused-ring (bicyclic) bond motifs is 1. The first-order chi connectivity index (χ1) is 9.28. The Balaban J connectivity index is 2.02. The van der Waals surface area contributed by atoms with Crippen molar-refractivity contribution in [2.45, 2.75) is 6.54 Å². The molecule has 0 fully saturated rings. The minimum absolute atomic E-state index is 0.358. The molecule has 0 aromatic carbocycles. The molecule has 19 heavy (non-hydrogen) atoms. The number of nitrogens with zero attached hydrogens (tertiary/aromatic N) is 6. The van der Waals surface area contributed by atoms with Gasteiger partial charge in [0.2, 0.25) is 0 Å². The molecule has 0 aliphatic rings. The third-order valence-corrected chi connectivity index (χ3v) is 2.72. The average molecular weight is 251 g/mol. The highest BCUT2D eigenvalue weighted by atomic mass is 15.1. The highest BCUT2D eigenvalue weighted by Crippen LogP contribution is 2.15. The van der Waals surface area contributed by atoms with E-state index in [0.717, 1.165) is 5.56 Å². The second kappa shape index (κ2) is 4.34. The highest BCUT2D eigenvalue weighted by Gasteiger charge is 2.08. The number of nitrogen functional groups attached to an aromatic ring is 1. The van der Waals surface area contributed by atoms with Crippen LogP contribution in [0.3, 0.4) is 0 Å². The first kappa shape index (κ1) is 11.1. The fourth-order valence-electron chi connectivity index (χ4n) is 1.84. The van der Waals surface area contributed by atoms with E-state index >= 15 is 0 Å². The molecule has 92 valence electrons. The lowest BCUT2D eigenvalue weighted by atomic mass is 10.2. The van der Waals surface area contributed by atoms with Gasteiger partial charge in [0.1, 0.15) is 23.6 Å². The maximum absolute atomic E-state index is 8.83. The highest BCUT2D eigenvalue weighted by molar-refractivity contribution is 5.81. The molecule has 0 atom stereocenters. The molecule has 7 nitrogen and oxygen atoms in total. The van der Waals surface area contributed by atoms with Crippen LogP contribution in [0.15, 0.2) is 31.0 Å². The van der Waals surface area contributed by atoms with Gasteiger partial charge in [0.05, 0.1) is 12.9 Å². The Kier molecular flexibility index (Phi) is 2.54. The first-order valence-electron chi connectivity index (χ1n) is 5.54. The lowest BCUT2D eigenvalue weighted by molar-refractivity contribution is 0.811. The molecule has 0 amide bonds. The van der Waals surface area contributed by atoms with Gasteiger partial charge in [-0.3, -0.25) is 0 Å². The predicted octanol–water partition coefficient (Wildman–Crippen LogP) is 0.723. The number of anilines is 1. The maximum atomic E-state index is 8.83. The van der Waals surface area contributed by atoms with Crippen molar-refractivity contribution in [2.75, 3.05) is 5.73 Å². The standard InChI is InChI=1S/C12H9N7/c13-4-9-3-8(1-2-15-9)5-19-7-18-10-11(14)16-6-17-12(10)19/h1-3,6-7H,5H2,(H2,14,16,17). The molecule has 0 aliphatic carbocycles.